The molecule has 0 saturated carbocycles. The Morgan fingerprint density at radius 2 is 1.45 bits per heavy atom. The first-order valence-electron chi connectivity index (χ1n) is 11.1. The third kappa shape index (κ3) is 4.32. The molecule has 0 unspecified atom stereocenters. The molecule has 2 aromatic heterocycles. The number of hydrogen-bond donors (Lipinski definition) is 0. The molecular weight excluding hydrogens is 414 g/mol. The van der Waals surface area contributed by atoms with Gasteiger partial charge in [0.05, 0.1) is 17.3 Å². The molecule has 0 radical (unpaired) electrons. The number of benzene rings is 2. The second-order valence-corrected chi connectivity index (χ2v) is 8.06. The zero-order valence-electron chi connectivity index (χ0n) is 18.1. The Hall–Kier alpha value is -4.06. The van der Waals surface area contributed by atoms with Crippen molar-refractivity contribution in [2.45, 2.75) is 25.7 Å². The first-order chi connectivity index (χ1) is 16.2. The summed E-state index contributed by atoms with van der Waals surface area (Å²) in [5.74, 6) is 1.06. The predicted molar refractivity (Wildman–Crippen MR) is 125 cm³/mol. The minimum absolute atomic E-state index is 0.192. The van der Waals surface area contributed by atoms with Crippen LogP contribution >= 0.6 is 0 Å². The average molecular weight is 437 g/mol. The van der Waals surface area contributed by atoms with Crippen LogP contribution in [0.5, 0.6) is 0 Å². The number of aromatic nitrogens is 2. The van der Waals surface area contributed by atoms with Gasteiger partial charge >= 0.3 is 0 Å². The van der Waals surface area contributed by atoms with Gasteiger partial charge in [0, 0.05) is 30.9 Å². The molecule has 4 aromatic rings. The molecular formula is C27H23N3O3. The lowest BCUT2D eigenvalue weighted by molar-refractivity contribution is 0.0651. The van der Waals surface area contributed by atoms with Crippen LogP contribution < -0.4 is 0 Å². The fourth-order valence-corrected chi connectivity index (χ4v) is 4.08. The lowest BCUT2D eigenvalue weighted by Crippen LogP contribution is -2.30. The van der Waals surface area contributed by atoms with Gasteiger partial charge in [0.25, 0.3) is 11.8 Å². The van der Waals surface area contributed by atoms with Gasteiger partial charge in [-0.25, -0.2) is 4.98 Å². The molecule has 33 heavy (non-hydrogen) atoms. The Labute approximate surface area is 191 Å². The molecule has 6 heteroatoms. The van der Waals surface area contributed by atoms with E-state index < -0.39 is 0 Å². The van der Waals surface area contributed by atoms with Gasteiger partial charge in [0.15, 0.2) is 11.7 Å². The molecule has 2 amide bonds. The maximum Gasteiger partial charge on any atom is 0.261 e. The molecule has 1 aliphatic rings. The van der Waals surface area contributed by atoms with Crippen molar-refractivity contribution in [1.82, 2.24) is 14.9 Å². The lowest BCUT2D eigenvalue weighted by Gasteiger charge is -2.13. The fraction of sp³-hybridized carbons (Fsp3) is 0.185. The van der Waals surface area contributed by atoms with E-state index in [1.165, 1.54) is 4.90 Å². The number of carbonyl (C=O) groups excluding carboxylic acids is 2. The minimum Gasteiger partial charge on any atom is -0.441 e. The van der Waals surface area contributed by atoms with Gasteiger partial charge in [-0.3, -0.25) is 19.5 Å². The summed E-state index contributed by atoms with van der Waals surface area (Å²) >= 11 is 0. The Morgan fingerprint density at radius 3 is 2.15 bits per heavy atom. The molecule has 0 saturated heterocycles. The number of rotatable bonds is 8. The van der Waals surface area contributed by atoms with Gasteiger partial charge in [-0.1, -0.05) is 48.9 Å². The van der Waals surface area contributed by atoms with E-state index in [0.717, 1.165) is 48.1 Å². The van der Waals surface area contributed by atoms with Crippen molar-refractivity contribution in [2.24, 2.45) is 0 Å². The zero-order valence-corrected chi connectivity index (χ0v) is 18.1. The monoisotopic (exact) mass is 437 g/mol. The number of amides is 2. The van der Waals surface area contributed by atoms with Crippen LogP contribution in [0.1, 0.15) is 45.9 Å². The number of imide groups is 1. The van der Waals surface area contributed by atoms with E-state index in [1.54, 1.807) is 36.7 Å². The van der Waals surface area contributed by atoms with Crippen molar-refractivity contribution >= 4 is 11.8 Å². The van der Waals surface area contributed by atoms with Crippen LogP contribution in [0.15, 0.2) is 83.7 Å². The molecule has 3 heterocycles. The van der Waals surface area contributed by atoms with E-state index in [-0.39, 0.29) is 11.8 Å². The predicted octanol–water partition coefficient (Wildman–Crippen LogP) is 5.41. The standard InChI is InChI=1S/C27H23N3O3/c31-26-22-8-3-4-9-23(22)27(32)30(26)16-5-1-2-10-25-29-18-24(33-25)20-13-11-19(12-14-20)21-7-6-15-28-17-21/h3-4,6-9,11-15,17-18H,1-2,5,10,16H2. The topological polar surface area (TPSA) is 76.3 Å². The molecule has 0 atom stereocenters. The molecule has 0 N–H and O–H groups in total. The highest BCUT2D eigenvalue weighted by atomic mass is 16.4. The van der Waals surface area contributed by atoms with Gasteiger partial charge < -0.3 is 4.42 Å². The van der Waals surface area contributed by atoms with Gasteiger partial charge in [0.2, 0.25) is 0 Å². The zero-order chi connectivity index (χ0) is 22.6. The molecule has 5 rings (SSSR count). The maximum atomic E-state index is 12.4. The summed E-state index contributed by atoms with van der Waals surface area (Å²) in [5, 5.41) is 0. The quantitative estimate of drug-likeness (QED) is 0.272. The van der Waals surface area contributed by atoms with E-state index in [1.807, 2.05) is 42.6 Å². The van der Waals surface area contributed by atoms with Crippen molar-refractivity contribution in [2.75, 3.05) is 6.54 Å². The van der Waals surface area contributed by atoms with E-state index in [2.05, 4.69) is 9.97 Å². The van der Waals surface area contributed by atoms with Gasteiger partial charge in [-0.15, -0.1) is 0 Å². The number of nitrogens with zero attached hydrogens (tertiary/aromatic N) is 3. The smallest absolute Gasteiger partial charge is 0.261 e. The first kappa shape index (κ1) is 20.8. The van der Waals surface area contributed by atoms with Crippen molar-refractivity contribution in [3.8, 4) is 22.5 Å². The summed E-state index contributed by atoms with van der Waals surface area (Å²) in [6, 6.07) is 19.1. The average Bonchev–Trinajstić information content (AvgIpc) is 3.43. The summed E-state index contributed by atoms with van der Waals surface area (Å²) in [6.45, 7) is 0.437. The van der Waals surface area contributed by atoms with Gasteiger partial charge in [0.1, 0.15) is 0 Å². The summed E-state index contributed by atoms with van der Waals surface area (Å²) in [4.78, 5) is 34.7. The number of hydrogen-bond acceptors (Lipinski definition) is 5. The van der Waals surface area contributed by atoms with Crippen LogP contribution in [0.3, 0.4) is 0 Å². The summed E-state index contributed by atoms with van der Waals surface area (Å²) in [7, 11) is 0. The normalized spacial score (nSPS) is 12.9. The van der Waals surface area contributed by atoms with Crippen LogP contribution in [0.2, 0.25) is 0 Å². The summed E-state index contributed by atoms with van der Waals surface area (Å²) in [6.07, 6.45) is 8.60. The van der Waals surface area contributed by atoms with E-state index in [0.29, 0.717) is 23.6 Å². The number of unbranched alkanes of at least 4 members (excludes halogenated alkanes) is 2. The third-order valence-corrected chi connectivity index (χ3v) is 5.87. The number of oxazole rings is 1. The number of aryl methyl sites for hydroxylation is 1. The van der Waals surface area contributed by atoms with Gasteiger partial charge in [-0.05, 0) is 42.2 Å². The molecule has 0 bridgehead atoms. The second kappa shape index (κ2) is 9.20. The van der Waals surface area contributed by atoms with Crippen molar-refractivity contribution in [3.63, 3.8) is 0 Å². The number of pyridine rings is 1. The van der Waals surface area contributed by atoms with Crippen LogP contribution in [-0.4, -0.2) is 33.2 Å². The van der Waals surface area contributed by atoms with E-state index in [9.17, 15) is 9.59 Å². The molecule has 164 valence electrons. The molecule has 0 aliphatic carbocycles. The molecule has 0 fully saturated rings. The van der Waals surface area contributed by atoms with E-state index in [4.69, 9.17) is 4.42 Å². The SMILES string of the molecule is O=C1c2ccccc2C(=O)N1CCCCCc1ncc(-c2ccc(-c3cccnc3)cc2)o1. The Morgan fingerprint density at radius 1 is 0.727 bits per heavy atom. The number of fused-ring (bicyclic) bond motifs is 1. The number of carbonyl (C=O) groups is 2. The van der Waals surface area contributed by atoms with Crippen LogP contribution in [0, 0.1) is 0 Å². The highest BCUT2D eigenvalue weighted by Crippen LogP contribution is 2.26. The molecule has 6 nitrogen and oxygen atoms in total. The van der Waals surface area contributed by atoms with Crippen LogP contribution in [0.25, 0.3) is 22.5 Å². The highest BCUT2D eigenvalue weighted by Gasteiger charge is 2.34. The maximum absolute atomic E-state index is 12.4. The third-order valence-electron chi connectivity index (χ3n) is 5.87. The van der Waals surface area contributed by atoms with Crippen molar-refractivity contribution < 1.29 is 14.0 Å². The fourth-order valence-electron chi connectivity index (χ4n) is 4.08. The molecule has 1 aliphatic heterocycles. The highest BCUT2D eigenvalue weighted by molar-refractivity contribution is 6.21. The van der Waals surface area contributed by atoms with Crippen LogP contribution in [-0.2, 0) is 6.42 Å². The van der Waals surface area contributed by atoms with Crippen molar-refractivity contribution in [1.29, 1.82) is 0 Å². The molecule has 0 spiro atoms. The Kier molecular flexibility index (Phi) is 5.81. The largest absolute Gasteiger partial charge is 0.441 e. The second-order valence-electron chi connectivity index (χ2n) is 8.06. The van der Waals surface area contributed by atoms with E-state index >= 15 is 0 Å². The van der Waals surface area contributed by atoms with Crippen LogP contribution in [0.4, 0.5) is 0 Å². The van der Waals surface area contributed by atoms with Crippen molar-refractivity contribution in [3.05, 3.63) is 96.3 Å². The summed E-state index contributed by atoms with van der Waals surface area (Å²) in [5.41, 5.74) is 4.16. The Balaban J connectivity index is 1.11. The lowest BCUT2D eigenvalue weighted by atomic mass is 10.1. The van der Waals surface area contributed by atoms with Gasteiger partial charge in [-0.2, -0.15) is 0 Å². The first-order valence-corrected chi connectivity index (χ1v) is 11.1. The Bertz CT molecular complexity index is 1240. The molecule has 2 aromatic carbocycles. The summed E-state index contributed by atoms with van der Waals surface area (Å²) < 4.78 is 5.93. The minimum atomic E-state index is -0.192.